The second-order valence-corrected chi connectivity index (χ2v) is 3.96. The average Bonchev–Trinajstić information content (AvgIpc) is 2.26. The Morgan fingerprint density at radius 1 is 1.50 bits per heavy atom. The number of aliphatic hydroxyl groups is 1. The van der Waals surface area contributed by atoms with Crippen LogP contribution in [0, 0.1) is 0 Å². The molecule has 1 aromatic heterocycles. The number of nitrogen functional groups attached to an aromatic ring is 1. The Hall–Kier alpha value is -1.36. The summed E-state index contributed by atoms with van der Waals surface area (Å²) in [5.74, 6) is 2.00. The molecule has 0 amide bonds. The smallest absolute Gasteiger partial charge is 0.134 e. The predicted octanol–water partition coefficient (Wildman–Crippen LogP) is 0.828. The monoisotopic (exact) mass is 224 g/mol. The third-order valence-electron chi connectivity index (χ3n) is 2.54. The number of likely N-dealkylation sites (N-methyl/N-ethyl adjacent to an activating group) is 1. The van der Waals surface area contributed by atoms with E-state index >= 15 is 0 Å². The molecule has 0 aliphatic heterocycles. The van der Waals surface area contributed by atoms with E-state index in [1.165, 1.54) is 0 Å². The second-order valence-electron chi connectivity index (χ2n) is 3.96. The third-order valence-corrected chi connectivity index (χ3v) is 2.54. The molecule has 16 heavy (non-hydrogen) atoms. The van der Waals surface area contributed by atoms with E-state index in [9.17, 15) is 0 Å². The molecule has 5 nitrogen and oxygen atoms in total. The number of aryl methyl sites for hydroxylation is 1. The van der Waals surface area contributed by atoms with Gasteiger partial charge in [0.1, 0.15) is 17.5 Å². The van der Waals surface area contributed by atoms with Gasteiger partial charge in [-0.25, -0.2) is 9.97 Å². The lowest BCUT2D eigenvalue weighted by molar-refractivity contribution is 0.269. The summed E-state index contributed by atoms with van der Waals surface area (Å²) in [6, 6.07) is 1.74. The SMILES string of the molecule is CCCc1nc(N)cc(N(C)C(C)CO)n1. The molecule has 1 unspecified atom stereocenters. The number of hydrogen-bond donors (Lipinski definition) is 2. The van der Waals surface area contributed by atoms with Gasteiger partial charge in [-0.05, 0) is 13.3 Å². The van der Waals surface area contributed by atoms with Crippen LogP contribution in [0.2, 0.25) is 0 Å². The van der Waals surface area contributed by atoms with Crippen LogP contribution in [-0.4, -0.2) is 34.8 Å². The molecule has 3 N–H and O–H groups in total. The zero-order valence-electron chi connectivity index (χ0n) is 10.1. The second kappa shape index (κ2) is 5.65. The highest BCUT2D eigenvalue weighted by Gasteiger charge is 2.12. The van der Waals surface area contributed by atoms with Gasteiger partial charge in [0.15, 0.2) is 0 Å². The third kappa shape index (κ3) is 3.06. The van der Waals surface area contributed by atoms with Crippen LogP contribution in [0.25, 0.3) is 0 Å². The lowest BCUT2D eigenvalue weighted by Gasteiger charge is -2.24. The van der Waals surface area contributed by atoms with Crippen LogP contribution in [0.5, 0.6) is 0 Å². The molecule has 1 rings (SSSR count). The van der Waals surface area contributed by atoms with E-state index in [1.807, 2.05) is 18.9 Å². The summed E-state index contributed by atoms with van der Waals surface area (Å²) in [7, 11) is 1.89. The fourth-order valence-corrected chi connectivity index (χ4v) is 1.37. The van der Waals surface area contributed by atoms with Crippen LogP contribution in [0.1, 0.15) is 26.1 Å². The summed E-state index contributed by atoms with van der Waals surface area (Å²) >= 11 is 0. The quantitative estimate of drug-likeness (QED) is 0.774. The molecule has 0 radical (unpaired) electrons. The van der Waals surface area contributed by atoms with Crippen molar-refractivity contribution in [1.82, 2.24) is 9.97 Å². The van der Waals surface area contributed by atoms with Crippen molar-refractivity contribution in [1.29, 1.82) is 0 Å². The first-order chi connectivity index (χ1) is 7.58. The summed E-state index contributed by atoms with van der Waals surface area (Å²) in [5, 5.41) is 9.09. The van der Waals surface area contributed by atoms with Crippen molar-refractivity contribution in [3.8, 4) is 0 Å². The molecule has 0 spiro atoms. The molecule has 90 valence electrons. The highest BCUT2D eigenvalue weighted by atomic mass is 16.3. The summed E-state index contributed by atoms with van der Waals surface area (Å²) in [6.45, 7) is 4.09. The minimum absolute atomic E-state index is 0.0174. The average molecular weight is 224 g/mol. The van der Waals surface area contributed by atoms with Crippen LogP contribution in [-0.2, 0) is 6.42 Å². The zero-order chi connectivity index (χ0) is 12.1. The van der Waals surface area contributed by atoms with Crippen LogP contribution in [0.4, 0.5) is 11.6 Å². The normalized spacial score (nSPS) is 12.5. The summed E-state index contributed by atoms with van der Waals surface area (Å²) in [5.41, 5.74) is 5.73. The van der Waals surface area contributed by atoms with Gasteiger partial charge >= 0.3 is 0 Å². The van der Waals surface area contributed by atoms with Crippen molar-refractivity contribution in [2.45, 2.75) is 32.7 Å². The topological polar surface area (TPSA) is 75.3 Å². The lowest BCUT2D eigenvalue weighted by Crippen LogP contribution is -2.32. The van der Waals surface area contributed by atoms with E-state index in [-0.39, 0.29) is 12.6 Å². The standard InChI is InChI=1S/C11H20N4O/c1-4-5-10-13-9(12)6-11(14-10)15(3)8(2)7-16/h6,8,16H,4-5,7H2,1-3H3,(H2,12,13,14). The first-order valence-corrected chi connectivity index (χ1v) is 5.55. The molecular formula is C11H20N4O. The van der Waals surface area contributed by atoms with Gasteiger partial charge in [0.25, 0.3) is 0 Å². The highest BCUT2D eigenvalue weighted by molar-refractivity contribution is 5.47. The van der Waals surface area contributed by atoms with Gasteiger partial charge in [0, 0.05) is 19.5 Å². The van der Waals surface area contributed by atoms with Gasteiger partial charge < -0.3 is 15.7 Å². The van der Waals surface area contributed by atoms with Gasteiger partial charge in [-0.2, -0.15) is 0 Å². The van der Waals surface area contributed by atoms with Gasteiger partial charge in [-0.15, -0.1) is 0 Å². The summed E-state index contributed by atoms with van der Waals surface area (Å²) in [4.78, 5) is 10.5. The molecule has 0 saturated heterocycles. The van der Waals surface area contributed by atoms with Crippen LogP contribution < -0.4 is 10.6 Å². The van der Waals surface area contributed by atoms with Crippen molar-refractivity contribution in [3.05, 3.63) is 11.9 Å². The van der Waals surface area contributed by atoms with Crippen LogP contribution in [0.3, 0.4) is 0 Å². The molecule has 1 heterocycles. The van der Waals surface area contributed by atoms with E-state index in [0.717, 1.165) is 24.5 Å². The fraction of sp³-hybridized carbons (Fsp3) is 0.636. The van der Waals surface area contributed by atoms with E-state index in [2.05, 4.69) is 16.9 Å². The molecule has 0 bridgehead atoms. The van der Waals surface area contributed by atoms with Gasteiger partial charge in [-0.3, -0.25) is 0 Å². The fourth-order valence-electron chi connectivity index (χ4n) is 1.37. The minimum atomic E-state index is 0.0174. The maximum absolute atomic E-state index is 9.09. The summed E-state index contributed by atoms with van der Waals surface area (Å²) < 4.78 is 0. The van der Waals surface area contributed by atoms with E-state index in [4.69, 9.17) is 10.8 Å². The maximum Gasteiger partial charge on any atom is 0.134 e. The first kappa shape index (κ1) is 12.7. The molecule has 0 saturated carbocycles. The van der Waals surface area contributed by atoms with Crippen molar-refractivity contribution in [3.63, 3.8) is 0 Å². The van der Waals surface area contributed by atoms with Crippen LogP contribution in [0.15, 0.2) is 6.07 Å². The molecule has 0 aromatic carbocycles. The Bertz CT molecular complexity index is 343. The van der Waals surface area contributed by atoms with Crippen molar-refractivity contribution in [2.75, 3.05) is 24.3 Å². The molecule has 0 aliphatic carbocycles. The zero-order valence-corrected chi connectivity index (χ0v) is 10.1. The molecule has 0 aliphatic rings. The minimum Gasteiger partial charge on any atom is -0.394 e. The number of hydrogen-bond acceptors (Lipinski definition) is 5. The number of nitrogens with two attached hydrogens (primary N) is 1. The van der Waals surface area contributed by atoms with Gasteiger partial charge in [0.05, 0.1) is 12.6 Å². The van der Waals surface area contributed by atoms with Crippen LogP contribution >= 0.6 is 0 Å². The number of aromatic nitrogens is 2. The Labute approximate surface area is 96.3 Å². The molecule has 1 aromatic rings. The number of rotatable bonds is 5. The Balaban J connectivity index is 2.94. The number of anilines is 2. The Kier molecular flexibility index (Phi) is 4.49. The Morgan fingerprint density at radius 3 is 2.75 bits per heavy atom. The molecule has 5 heteroatoms. The summed E-state index contributed by atoms with van der Waals surface area (Å²) in [6.07, 6.45) is 1.81. The molecule has 1 atom stereocenters. The maximum atomic E-state index is 9.09. The largest absolute Gasteiger partial charge is 0.394 e. The number of aliphatic hydroxyl groups excluding tert-OH is 1. The van der Waals surface area contributed by atoms with Crippen molar-refractivity contribution < 1.29 is 5.11 Å². The molecule has 0 fully saturated rings. The first-order valence-electron chi connectivity index (χ1n) is 5.55. The van der Waals surface area contributed by atoms with E-state index in [1.54, 1.807) is 6.07 Å². The van der Waals surface area contributed by atoms with E-state index in [0.29, 0.717) is 5.82 Å². The predicted molar refractivity (Wildman–Crippen MR) is 65.4 cm³/mol. The lowest BCUT2D eigenvalue weighted by atomic mass is 10.3. The van der Waals surface area contributed by atoms with Crippen molar-refractivity contribution in [2.24, 2.45) is 0 Å². The van der Waals surface area contributed by atoms with Crippen molar-refractivity contribution >= 4 is 11.6 Å². The van der Waals surface area contributed by atoms with Gasteiger partial charge in [-0.1, -0.05) is 6.92 Å². The van der Waals surface area contributed by atoms with Gasteiger partial charge in [0.2, 0.25) is 0 Å². The Morgan fingerprint density at radius 2 is 2.19 bits per heavy atom. The highest BCUT2D eigenvalue weighted by Crippen LogP contribution is 2.15. The van der Waals surface area contributed by atoms with E-state index < -0.39 is 0 Å². The number of nitrogens with zero attached hydrogens (tertiary/aromatic N) is 3. The molecular weight excluding hydrogens is 204 g/mol.